The van der Waals surface area contributed by atoms with Crippen molar-refractivity contribution < 1.29 is 4.79 Å². The van der Waals surface area contributed by atoms with Crippen LogP contribution in [0.2, 0.25) is 0 Å². The van der Waals surface area contributed by atoms with Crippen LogP contribution in [0.15, 0.2) is 6.07 Å². The van der Waals surface area contributed by atoms with Crippen molar-refractivity contribution in [3.8, 4) is 0 Å². The van der Waals surface area contributed by atoms with Crippen LogP contribution in [-0.4, -0.2) is 45.8 Å². The summed E-state index contributed by atoms with van der Waals surface area (Å²) in [6.07, 6.45) is 6.05. The minimum Gasteiger partial charge on any atom is -0.348 e. The van der Waals surface area contributed by atoms with Crippen LogP contribution in [0, 0.1) is 6.92 Å². The Balaban J connectivity index is 1.50. The molecular weight excluding hydrogens is 308 g/mol. The number of hydrogen-bond acceptors (Lipinski definition) is 4. The summed E-state index contributed by atoms with van der Waals surface area (Å²) in [5.74, 6) is 0.0817. The Kier molecular flexibility index (Phi) is 3.69. The number of carbonyl (C=O) groups excluding carboxylic acids is 1. The van der Waals surface area contributed by atoms with E-state index in [1.54, 1.807) is 11.3 Å². The number of aryl methyl sites for hydroxylation is 2. The molecule has 4 rings (SSSR count). The van der Waals surface area contributed by atoms with Crippen molar-refractivity contribution in [2.45, 2.75) is 57.2 Å². The number of thiophene rings is 1. The fourth-order valence-corrected chi connectivity index (χ4v) is 5.33. The van der Waals surface area contributed by atoms with Crippen LogP contribution in [-0.2, 0) is 7.05 Å². The minimum atomic E-state index is 0.0817. The van der Waals surface area contributed by atoms with Gasteiger partial charge in [0.25, 0.3) is 5.91 Å². The van der Waals surface area contributed by atoms with Gasteiger partial charge in [-0.3, -0.25) is 9.48 Å². The molecule has 6 heteroatoms. The highest BCUT2D eigenvalue weighted by molar-refractivity contribution is 7.20. The Bertz CT molecular complexity index is 701. The fraction of sp³-hybridized carbons (Fsp3) is 0.647. The van der Waals surface area contributed by atoms with Gasteiger partial charge in [-0.2, -0.15) is 5.10 Å². The summed E-state index contributed by atoms with van der Waals surface area (Å²) in [4.78, 5) is 17.1. The van der Waals surface area contributed by atoms with Crippen LogP contribution in [0.25, 0.3) is 10.2 Å². The predicted octanol–water partition coefficient (Wildman–Crippen LogP) is 2.69. The number of nitrogens with zero attached hydrogens (tertiary/aromatic N) is 3. The number of amides is 1. The number of piperidine rings is 2. The molecule has 0 aliphatic carbocycles. The third-order valence-electron chi connectivity index (χ3n) is 5.60. The number of aromatic nitrogens is 2. The summed E-state index contributed by atoms with van der Waals surface area (Å²) in [7, 11) is 4.18. The highest BCUT2D eigenvalue weighted by Gasteiger charge is 2.36. The van der Waals surface area contributed by atoms with E-state index in [-0.39, 0.29) is 5.91 Å². The Morgan fingerprint density at radius 1 is 1.30 bits per heavy atom. The van der Waals surface area contributed by atoms with Gasteiger partial charge in [-0.05, 0) is 45.7 Å². The van der Waals surface area contributed by atoms with Crippen LogP contribution in [0.1, 0.15) is 47.5 Å². The van der Waals surface area contributed by atoms with Crippen molar-refractivity contribution in [3.63, 3.8) is 0 Å². The number of nitrogens with one attached hydrogen (secondary N) is 1. The van der Waals surface area contributed by atoms with E-state index in [0.29, 0.717) is 18.1 Å². The SMILES string of the molecule is Cc1nn(C)c2sc(C(=O)NC3CC4CCCC(C3)N4C)cc12. The van der Waals surface area contributed by atoms with E-state index in [1.165, 1.54) is 19.3 Å². The second-order valence-electron chi connectivity index (χ2n) is 7.08. The molecule has 2 aromatic rings. The summed E-state index contributed by atoms with van der Waals surface area (Å²) in [6, 6.07) is 3.59. The lowest BCUT2D eigenvalue weighted by atomic mass is 9.82. The van der Waals surface area contributed by atoms with Crippen LogP contribution >= 0.6 is 11.3 Å². The first-order valence-corrected chi connectivity index (χ1v) is 9.30. The maximum atomic E-state index is 12.7. The molecule has 2 bridgehead atoms. The van der Waals surface area contributed by atoms with E-state index >= 15 is 0 Å². The van der Waals surface area contributed by atoms with Crippen LogP contribution < -0.4 is 5.32 Å². The lowest BCUT2D eigenvalue weighted by Gasteiger charge is -2.47. The number of rotatable bonds is 2. The largest absolute Gasteiger partial charge is 0.348 e. The van der Waals surface area contributed by atoms with E-state index in [1.807, 2.05) is 24.7 Å². The molecule has 2 aliphatic rings. The van der Waals surface area contributed by atoms with E-state index < -0.39 is 0 Å². The highest BCUT2D eigenvalue weighted by atomic mass is 32.1. The fourth-order valence-electron chi connectivity index (χ4n) is 4.31. The third-order valence-corrected chi connectivity index (χ3v) is 6.80. The van der Waals surface area contributed by atoms with E-state index in [0.717, 1.165) is 33.6 Å². The van der Waals surface area contributed by atoms with Crippen molar-refractivity contribution in [2.24, 2.45) is 7.05 Å². The van der Waals surface area contributed by atoms with Gasteiger partial charge in [0, 0.05) is 30.6 Å². The van der Waals surface area contributed by atoms with Gasteiger partial charge in [0.05, 0.1) is 10.6 Å². The summed E-state index contributed by atoms with van der Waals surface area (Å²) in [6.45, 7) is 1.99. The average Bonchev–Trinajstić information content (AvgIpc) is 3.03. The van der Waals surface area contributed by atoms with Gasteiger partial charge in [-0.1, -0.05) is 6.42 Å². The average molecular weight is 332 g/mol. The highest BCUT2D eigenvalue weighted by Crippen LogP contribution is 2.33. The van der Waals surface area contributed by atoms with Gasteiger partial charge in [0.2, 0.25) is 0 Å². The lowest BCUT2D eigenvalue weighted by Crippen LogP contribution is -2.55. The molecular formula is C17H24N4OS. The molecule has 2 fully saturated rings. The Morgan fingerprint density at radius 3 is 2.65 bits per heavy atom. The molecule has 124 valence electrons. The topological polar surface area (TPSA) is 50.2 Å². The minimum absolute atomic E-state index is 0.0817. The maximum Gasteiger partial charge on any atom is 0.261 e. The molecule has 1 N–H and O–H groups in total. The normalized spacial score (nSPS) is 28.2. The molecule has 0 saturated carbocycles. The molecule has 4 heterocycles. The molecule has 2 unspecified atom stereocenters. The standard InChI is InChI=1S/C17H24N4OS/c1-10-14-9-15(23-17(14)21(3)19-10)16(22)18-11-7-12-5-4-6-13(8-11)20(12)2/h9,11-13H,4-8H2,1-3H3,(H,18,22). The monoisotopic (exact) mass is 332 g/mol. The Labute approximate surface area is 140 Å². The number of fused-ring (bicyclic) bond motifs is 3. The first-order chi connectivity index (χ1) is 11.0. The molecule has 2 aromatic heterocycles. The second-order valence-corrected chi connectivity index (χ2v) is 8.11. The first-order valence-electron chi connectivity index (χ1n) is 8.49. The van der Waals surface area contributed by atoms with Crippen LogP contribution in [0.4, 0.5) is 0 Å². The molecule has 2 aliphatic heterocycles. The quantitative estimate of drug-likeness (QED) is 0.920. The molecule has 0 radical (unpaired) electrons. The molecule has 23 heavy (non-hydrogen) atoms. The predicted molar refractivity (Wildman–Crippen MR) is 93.0 cm³/mol. The van der Waals surface area contributed by atoms with E-state index in [9.17, 15) is 4.79 Å². The molecule has 0 aromatic carbocycles. The van der Waals surface area contributed by atoms with E-state index in [2.05, 4.69) is 22.4 Å². The van der Waals surface area contributed by atoms with Crippen molar-refractivity contribution in [1.29, 1.82) is 0 Å². The van der Waals surface area contributed by atoms with Crippen molar-refractivity contribution >= 4 is 27.5 Å². The van der Waals surface area contributed by atoms with Gasteiger partial charge in [-0.25, -0.2) is 0 Å². The van der Waals surface area contributed by atoms with Crippen molar-refractivity contribution in [3.05, 3.63) is 16.6 Å². The second kappa shape index (κ2) is 5.60. The van der Waals surface area contributed by atoms with Gasteiger partial charge in [-0.15, -0.1) is 11.3 Å². The van der Waals surface area contributed by atoms with Crippen molar-refractivity contribution in [2.75, 3.05) is 7.05 Å². The maximum absolute atomic E-state index is 12.7. The summed E-state index contributed by atoms with van der Waals surface area (Å²) >= 11 is 1.54. The molecule has 0 spiro atoms. The smallest absolute Gasteiger partial charge is 0.261 e. The first kappa shape index (κ1) is 15.1. The van der Waals surface area contributed by atoms with Gasteiger partial charge in [0.15, 0.2) is 0 Å². The lowest BCUT2D eigenvalue weighted by molar-refractivity contribution is 0.0464. The Hall–Kier alpha value is -1.40. The zero-order valence-corrected chi connectivity index (χ0v) is 14.8. The summed E-state index contributed by atoms with van der Waals surface area (Å²) in [5, 5.41) is 8.79. The van der Waals surface area contributed by atoms with E-state index in [4.69, 9.17) is 0 Å². The van der Waals surface area contributed by atoms with Gasteiger partial charge >= 0.3 is 0 Å². The molecule has 5 nitrogen and oxygen atoms in total. The zero-order chi connectivity index (χ0) is 16.1. The summed E-state index contributed by atoms with van der Waals surface area (Å²) in [5.41, 5.74) is 0.992. The van der Waals surface area contributed by atoms with Crippen molar-refractivity contribution in [1.82, 2.24) is 20.0 Å². The molecule has 2 atom stereocenters. The number of hydrogen-bond donors (Lipinski definition) is 1. The molecule has 2 saturated heterocycles. The molecule has 1 amide bonds. The Morgan fingerprint density at radius 2 is 2.00 bits per heavy atom. The van der Waals surface area contributed by atoms with Gasteiger partial charge in [0.1, 0.15) is 4.83 Å². The van der Waals surface area contributed by atoms with Crippen LogP contribution in [0.5, 0.6) is 0 Å². The van der Waals surface area contributed by atoms with Gasteiger partial charge < -0.3 is 10.2 Å². The third kappa shape index (κ3) is 2.58. The summed E-state index contributed by atoms with van der Waals surface area (Å²) < 4.78 is 1.87. The number of carbonyl (C=O) groups is 1. The zero-order valence-electron chi connectivity index (χ0n) is 14.0. The van der Waals surface area contributed by atoms with Crippen LogP contribution in [0.3, 0.4) is 0 Å².